The molecule has 106 valence electrons. The van der Waals surface area contributed by atoms with E-state index >= 15 is 0 Å². The first-order valence-electron chi connectivity index (χ1n) is 6.67. The first-order valence-corrected chi connectivity index (χ1v) is 6.67. The van der Waals surface area contributed by atoms with Gasteiger partial charge in [0.15, 0.2) is 0 Å². The Morgan fingerprint density at radius 2 is 1.90 bits per heavy atom. The van der Waals surface area contributed by atoms with Crippen molar-refractivity contribution in [1.29, 1.82) is 0 Å². The van der Waals surface area contributed by atoms with Crippen LogP contribution in [-0.4, -0.2) is 20.7 Å². The summed E-state index contributed by atoms with van der Waals surface area (Å²) < 4.78 is 5.51. The highest BCUT2D eigenvalue weighted by molar-refractivity contribution is 5.76. The van der Waals surface area contributed by atoms with Gasteiger partial charge >= 0.3 is 0 Å². The minimum atomic E-state index is 0.622. The summed E-state index contributed by atoms with van der Waals surface area (Å²) in [6, 6.07) is 13.8. The second kappa shape index (κ2) is 6.19. The number of hydrogen-bond donors (Lipinski definition) is 2. The normalized spacial score (nSPS) is 10.2. The fourth-order valence-electron chi connectivity index (χ4n) is 2.07. The Morgan fingerprint density at radius 3 is 2.60 bits per heavy atom. The highest BCUT2D eigenvalue weighted by Gasteiger charge is 2.05. The fourth-order valence-corrected chi connectivity index (χ4v) is 2.07. The molecule has 0 aliphatic carbocycles. The van der Waals surface area contributed by atoms with E-state index in [1.54, 1.807) is 0 Å². The van der Waals surface area contributed by atoms with Crippen LogP contribution in [0.25, 0.3) is 0 Å². The lowest BCUT2D eigenvalue weighted by atomic mass is 10.2. The Hall–Kier alpha value is -2.36. The van der Waals surface area contributed by atoms with Crippen LogP contribution in [0.3, 0.4) is 0 Å². The average Bonchev–Trinajstić information content (AvgIpc) is 2.38. The van der Waals surface area contributed by atoms with Crippen LogP contribution in [0.1, 0.15) is 6.92 Å². The zero-order valence-corrected chi connectivity index (χ0v) is 12.2. The van der Waals surface area contributed by atoms with Crippen LogP contribution in [0, 0.1) is 0 Å². The molecule has 0 saturated carbocycles. The minimum Gasteiger partial charge on any atom is -0.494 e. The molecule has 4 heteroatoms. The van der Waals surface area contributed by atoms with E-state index in [9.17, 15) is 0 Å². The zero-order chi connectivity index (χ0) is 14.5. The van der Waals surface area contributed by atoms with E-state index in [0.29, 0.717) is 12.3 Å². The number of nitrogens with one attached hydrogen (secondary N) is 1. The van der Waals surface area contributed by atoms with Crippen LogP contribution in [-0.2, 0) is 0 Å². The summed E-state index contributed by atoms with van der Waals surface area (Å²) in [6.45, 7) is 2.58. The highest BCUT2D eigenvalue weighted by atomic mass is 16.5. The van der Waals surface area contributed by atoms with Gasteiger partial charge in [0.1, 0.15) is 5.75 Å². The standard InChI is InChI=1S/C16H21N3O/c1-4-20-14-10-12(17)9-13(11-14)18-15-7-5-6-8-16(15)19(2)3/h5-11,18H,4,17H2,1-3H3. The molecular formula is C16H21N3O. The van der Waals surface area contributed by atoms with E-state index in [1.807, 2.05) is 57.4 Å². The monoisotopic (exact) mass is 271 g/mol. The number of nitrogens with zero attached hydrogens (tertiary/aromatic N) is 1. The van der Waals surface area contributed by atoms with Crippen LogP contribution >= 0.6 is 0 Å². The number of para-hydroxylation sites is 2. The molecule has 0 heterocycles. The van der Waals surface area contributed by atoms with Gasteiger partial charge < -0.3 is 20.7 Å². The molecule has 2 aromatic rings. The number of nitrogen functional groups attached to an aromatic ring is 1. The molecule has 0 aromatic heterocycles. The molecule has 0 fully saturated rings. The smallest absolute Gasteiger partial charge is 0.123 e. The Balaban J connectivity index is 2.30. The lowest BCUT2D eigenvalue weighted by Gasteiger charge is -2.19. The first-order chi connectivity index (χ1) is 9.60. The van der Waals surface area contributed by atoms with Gasteiger partial charge in [-0.3, -0.25) is 0 Å². The number of rotatable bonds is 5. The Labute approximate surface area is 120 Å². The van der Waals surface area contributed by atoms with Crippen molar-refractivity contribution >= 4 is 22.7 Å². The number of ether oxygens (including phenoxy) is 1. The molecule has 0 atom stereocenters. The van der Waals surface area contributed by atoms with Crippen molar-refractivity contribution < 1.29 is 4.74 Å². The van der Waals surface area contributed by atoms with Gasteiger partial charge in [-0.25, -0.2) is 0 Å². The minimum absolute atomic E-state index is 0.622. The van der Waals surface area contributed by atoms with Crippen LogP contribution in [0.4, 0.5) is 22.7 Å². The fraction of sp³-hybridized carbons (Fsp3) is 0.250. The summed E-state index contributed by atoms with van der Waals surface area (Å²) in [5.74, 6) is 0.775. The van der Waals surface area contributed by atoms with Crippen LogP contribution in [0.5, 0.6) is 5.75 Å². The average molecular weight is 271 g/mol. The van der Waals surface area contributed by atoms with Gasteiger partial charge in [-0.2, -0.15) is 0 Å². The number of hydrogen-bond acceptors (Lipinski definition) is 4. The summed E-state index contributed by atoms with van der Waals surface area (Å²) in [7, 11) is 4.04. The predicted octanol–water partition coefficient (Wildman–Crippen LogP) is 3.48. The van der Waals surface area contributed by atoms with Crippen molar-refractivity contribution in [3.05, 3.63) is 42.5 Å². The third-order valence-electron chi connectivity index (χ3n) is 2.90. The van der Waals surface area contributed by atoms with E-state index in [2.05, 4.69) is 16.3 Å². The molecule has 0 aliphatic heterocycles. The number of anilines is 4. The molecule has 0 aliphatic rings. The molecule has 0 bridgehead atoms. The van der Waals surface area contributed by atoms with E-state index in [1.165, 1.54) is 0 Å². The summed E-state index contributed by atoms with van der Waals surface area (Å²) in [6.07, 6.45) is 0. The quantitative estimate of drug-likeness (QED) is 0.817. The predicted molar refractivity (Wildman–Crippen MR) is 86.1 cm³/mol. The summed E-state index contributed by atoms with van der Waals surface area (Å²) >= 11 is 0. The van der Waals surface area contributed by atoms with E-state index in [-0.39, 0.29) is 0 Å². The number of nitrogens with two attached hydrogens (primary N) is 1. The Bertz CT molecular complexity index is 582. The van der Waals surface area contributed by atoms with Crippen molar-refractivity contribution in [3.63, 3.8) is 0 Å². The van der Waals surface area contributed by atoms with Crippen LogP contribution < -0.4 is 20.7 Å². The third-order valence-corrected chi connectivity index (χ3v) is 2.90. The van der Waals surface area contributed by atoms with Crippen LogP contribution in [0.2, 0.25) is 0 Å². The molecule has 2 rings (SSSR count). The maximum Gasteiger partial charge on any atom is 0.123 e. The summed E-state index contributed by atoms with van der Waals surface area (Å²) in [4.78, 5) is 2.07. The summed E-state index contributed by atoms with van der Waals surface area (Å²) in [5, 5.41) is 3.39. The molecule has 3 N–H and O–H groups in total. The van der Waals surface area contributed by atoms with Crippen molar-refractivity contribution in [2.24, 2.45) is 0 Å². The second-order valence-electron chi connectivity index (χ2n) is 4.76. The van der Waals surface area contributed by atoms with Crippen molar-refractivity contribution in [2.45, 2.75) is 6.92 Å². The zero-order valence-electron chi connectivity index (χ0n) is 12.2. The van der Waals surface area contributed by atoms with Crippen molar-refractivity contribution in [1.82, 2.24) is 0 Å². The van der Waals surface area contributed by atoms with E-state index < -0.39 is 0 Å². The van der Waals surface area contributed by atoms with Gasteiger partial charge in [0.25, 0.3) is 0 Å². The Kier molecular flexibility index (Phi) is 4.35. The maximum atomic E-state index is 5.91. The Morgan fingerprint density at radius 1 is 1.15 bits per heavy atom. The van der Waals surface area contributed by atoms with E-state index in [0.717, 1.165) is 22.8 Å². The largest absolute Gasteiger partial charge is 0.494 e. The molecule has 0 unspecified atom stereocenters. The molecule has 4 nitrogen and oxygen atoms in total. The topological polar surface area (TPSA) is 50.5 Å². The van der Waals surface area contributed by atoms with Gasteiger partial charge in [-0.1, -0.05) is 12.1 Å². The SMILES string of the molecule is CCOc1cc(N)cc(Nc2ccccc2N(C)C)c1. The van der Waals surface area contributed by atoms with Crippen LogP contribution in [0.15, 0.2) is 42.5 Å². The first kappa shape index (κ1) is 14.1. The van der Waals surface area contributed by atoms with Gasteiger partial charge in [-0.15, -0.1) is 0 Å². The molecule has 20 heavy (non-hydrogen) atoms. The van der Waals surface area contributed by atoms with Crippen molar-refractivity contribution in [3.8, 4) is 5.75 Å². The maximum absolute atomic E-state index is 5.91. The second-order valence-corrected chi connectivity index (χ2v) is 4.76. The molecule has 0 radical (unpaired) electrons. The molecule has 0 saturated heterocycles. The third kappa shape index (κ3) is 3.35. The molecule has 0 amide bonds. The highest BCUT2D eigenvalue weighted by Crippen LogP contribution is 2.30. The molecule has 2 aromatic carbocycles. The molecular weight excluding hydrogens is 250 g/mol. The lowest BCUT2D eigenvalue weighted by Crippen LogP contribution is -2.10. The number of benzene rings is 2. The molecule has 0 spiro atoms. The van der Waals surface area contributed by atoms with Gasteiger partial charge in [0.2, 0.25) is 0 Å². The van der Waals surface area contributed by atoms with Gasteiger partial charge in [0.05, 0.1) is 18.0 Å². The van der Waals surface area contributed by atoms with Gasteiger partial charge in [-0.05, 0) is 25.1 Å². The van der Waals surface area contributed by atoms with Crippen molar-refractivity contribution in [2.75, 3.05) is 36.7 Å². The van der Waals surface area contributed by atoms with Gasteiger partial charge in [0, 0.05) is 37.6 Å². The lowest BCUT2D eigenvalue weighted by molar-refractivity contribution is 0.340. The summed E-state index contributed by atoms with van der Waals surface area (Å²) in [5.41, 5.74) is 9.66. The van der Waals surface area contributed by atoms with E-state index in [4.69, 9.17) is 10.5 Å².